The van der Waals surface area contributed by atoms with Crippen LogP contribution in [0.2, 0.25) is 0 Å². The van der Waals surface area contributed by atoms with Crippen LogP contribution in [0.1, 0.15) is 44.6 Å². The highest BCUT2D eigenvalue weighted by molar-refractivity contribution is 6.12. The Kier molecular flexibility index (Phi) is 13.2. The van der Waals surface area contributed by atoms with Crippen LogP contribution < -0.4 is 16.0 Å². The zero-order valence-electron chi connectivity index (χ0n) is 30.8. The van der Waals surface area contributed by atoms with Crippen molar-refractivity contribution in [3.63, 3.8) is 0 Å². The fourth-order valence-electron chi connectivity index (χ4n) is 6.65. The minimum atomic E-state index is -1.30. The number of amides is 5. The van der Waals surface area contributed by atoms with Crippen LogP contribution in [0.5, 0.6) is 5.75 Å². The number of nitrogens with zero attached hydrogens (tertiary/aromatic N) is 4. The number of carbonyl (C=O) groups is 4. The van der Waals surface area contributed by atoms with Crippen LogP contribution in [-0.4, -0.2) is 112 Å². The van der Waals surface area contributed by atoms with E-state index in [0.717, 1.165) is 35.3 Å². The lowest BCUT2D eigenvalue weighted by atomic mass is 9.79. The molecule has 0 saturated carbocycles. The van der Waals surface area contributed by atoms with Crippen LogP contribution in [-0.2, 0) is 20.9 Å². The molecule has 4 atom stereocenters. The van der Waals surface area contributed by atoms with Crippen molar-refractivity contribution in [3.8, 4) is 17.0 Å². The van der Waals surface area contributed by atoms with Crippen molar-refractivity contribution in [2.75, 3.05) is 45.9 Å². The number of carbonyl (C=O) groups excluding carboxylic acids is 4. The molecule has 5 N–H and O–H groups in total. The fourth-order valence-corrected chi connectivity index (χ4v) is 6.65. The second-order valence-electron chi connectivity index (χ2n) is 14.4. The Morgan fingerprint density at radius 1 is 1.13 bits per heavy atom. The number of benzene rings is 2. The number of hydrogen-bond donors (Lipinski definition) is 5. The first-order valence-electron chi connectivity index (χ1n) is 17.9. The Bertz CT molecular complexity index is 1890. The summed E-state index contributed by atoms with van der Waals surface area (Å²) in [4.78, 5) is 57.8. The summed E-state index contributed by atoms with van der Waals surface area (Å²) < 4.78 is 52.1. The molecular formula is C38H46F3N7O7. The van der Waals surface area contributed by atoms with Gasteiger partial charge in [-0.15, -0.1) is 0 Å². The molecule has 0 bridgehead atoms. The third-order valence-electron chi connectivity index (χ3n) is 9.65. The first-order chi connectivity index (χ1) is 26.2. The van der Waals surface area contributed by atoms with Gasteiger partial charge in [0.1, 0.15) is 29.4 Å². The van der Waals surface area contributed by atoms with Gasteiger partial charge >= 0.3 is 12.1 Å². The molecule has 1 fully saturated rings. The van der Waals surface area contributed by atoms with Gasteiger partial charge in [-0.2, -0.15) is 0 Å². The highest BCUT2D eigenvalue weighted by Crippen LogP contribution is 2.43. The van der Waals surface area contributed by atoms with Gasteiger partial charge in [0.05, 0.1) is 31.0 Å². The molecule has 55 heavy (non-hydrogen) atoms. The number of aliphatic hydroxyl groups is 1. The molecule has 0 radical (unpaired) electrons. The second kappa shape index (κ2) is 17.8. The smallest absolute Gasteiger partial charge is 0.407 e. The SMILES string of the molecule is C[C@@H](CO)NC(=O)N(C[C@@H]1CNC[C@@H]1F)[C@@H](c1nc(-c2cc(F)ccc2F)cn1Cc1cccc(O)c1)C(C)(C)CCOC(=O)NCCN1C(=O)C=CC1=O. The molecule has 14 nitrogen and oxygen atoms in total. The van der Waals surface area contributed by atoms with E-state index in [1.54, 1.807) is 37.5 Å². The first kappa shape index (κ1) is 40.8. The number of ether oxygens (including phenoxy) is 1. The van der Waals surface area contributed by atoms with Crippen LogP contribution in [0.15, 0.2) is 60.8 Å². The van der Waals surface area contributed by atoms with Crippen molar-refractivity contribution in [2.24, 2.45) is 11.3 Å². The number of hydrogen-bond acceptors (Lipinski definition) is 9. The van der Waals surface area contributed by atoms with E-state index in [1.807, 2.05) is 0 Å². The van der Waals surface area contributed by atoms with Crippen LogP contribution >= 0.6 is 0 Å². The molecule has 3 aromatic rings. The fraction of sp³-hybridized carbons (Fsp3) is 0.447. The lowest BCUT2D eigenvalue weighted by Gasteiger charge is -2.43. The number of phenolic OH excluding ortho intramolecular Hbond substituents is 1. The normalized spacial score (nSPS) is 18.1. The van der Waals surface area contributed by atoms with Gasteiger partial charge in [-0.25, -0.2) is 27.7 Å². The molecule has 2 aromatic carbocycles. The van der Waals surface area contributed by atoms with Crippen molar-refractivity contribution in [1.82, 2.24) is 35.3 Å². The largest absolute Gasteiger partial charge is 0.508 e. The summed E-state index contributed by atoms with van der Waals surface area (Å²) in [5.41, 5.74) is -0.529. The second-order valence-corrected chi connectivity index (χ2v) is 14.4. The summed E-state index contributed by atoms with van der Waals surface area (Å²) in [6.07, 6.45) is 1.76. The molecule has 0 spiro atoms. The molecule has 1 saturated heterocycles. The minimum absolute atomic E-state index is 0.0140. The van der Waals surface area contributed by atoms with Crippen LogP contribution in [0.4, 0.5) is 22.8 Å². The Labute approximate surface area is 316 Å². The maximum absolute atomic E-state index is 15.3. The number of alkyl carbamates (subject to hydrolysis) is 1. The monoisotopic (exact) mass is 769 g/mol. The Hall–Kier alpha value is -5.42. The van der Waals surface area contributed by atoms with Gasteiger partial charge in [0.15, 0.2) is 0 Å². The van der Waals surface area contributed by atoms with E-state index < -0.39 is 65.2 Å². The molecule has 1 aromatic heterocycles. The molecule has 0 aliphatic carbocycles. The number of rotatable bonds is 16. The lowest BCUT2D eigenvalue weighted by molar-refractivity contribution is -0.136. The Morgan fingerprint density at radius 3 is 2.55 bits per heavy atom. The van der Waals surface area contributed by atoms with Gasteiger partial charge in [0.25, 0.3) is 11.8 Å². The predicted molar refractivity (Wildman–Crippen MR) is 194 cm³/mol. The van der Waals surface area contributed by atoms with Crippen molar-refractivity contribution in [2.45, 2.75) is 52.0 Å². The van der Waals surface area contributed by atoms with E-state index in [-0.39, 0.29) is 81.7 Å². The molecule has 296 valence electrons. The summed E-state index contributed by atoms with van der Waals surface area (Å²) in [6.45, 7) is 4.78. The molecule has 3 heterocycles. The summed E-state index contributed by atoms with van der Waals surface area (Å²) in [6, 6.07) is 6.98. The summed E-state index contributed by atoms with van der Waals surface area (Å²) in [7, 11) is 0. The van der Waals surface area contributed by atoms with Gasteiger partial charge < -0.3 is 40.4 Å². The summed E-state index contributed by atoms with van der Waals surface area (Å²) >= 11 is 0. The van der Waals surface area contributed by atoms with E-state index in [0.29, 0.717) is 5.56 Å². The number of urea groups is 1. The summed E-state index contributed by atoms with van der Waals surface area (Å²) in [5, 5.41) is 28.4. The maximum atomic E-state index is 15.3. The van der Waals surface area contributed by atoms with Gasteiger partial charge in [0, 0.05) is 69.1 Å². The van der Waals surface area contributed by atoms with Crippen molar-refractivity contribution in [3.05, 3.63) is 83.8 Å². The van der Waals surface area contributed by atoms with Crippen molar-refractivity contribution in [1.29, 1.82) is 0 Å². The number of aromatic nitrogens is 2. The number of aliphatic hydroxyl groups excluding tert-OH is 1. The average Bonchev–Trinajstić information content (AvgIpc) is 3.83. The number of nitrogens with one attached hydrogen (secondary N) is 3. The van der Waals surface area contributed by atoms with Gasteiger partial charge in [-0.05, 0) is 54.7 Å². The third kappa shape index (κ3) is 10.2. The van der Waals surface area contributed by atoms with Crippen molar-refractivity contribution >= 4 is 23.9 Å². The minimum Gasteiger partial charge on any atom is -0.508 e. The Balaban J connectivity index is 1.52. The zero-order chi connectivity index (χ0) is 39.9. The van der Waals surface area contributed by atoms with Crippen molar-refractivity contribution < 1.29 is 47.3 Å². The van der Waals surface area contributed by atoms with E-state index in [1.165, 1.54) is 23.2 Å². The number of phenols is 1. The molecule has 17 heteroatoms. The number of aromatic hydroxyl groups is 1. The number of alkyl halides is 1. The lowest BCUT2D eigenvalue weighted by Crippen LogP contribution is -2.52. The Morgan fingerprint density at radius 2 is 1.87 bits per heavy atom. The molecule has 2 aliphatic heterocycles. The van der Waals surface area contributed by atoms with E-state index in [2.05, 4.69) is 16.0 Å². The zero-order valence-corrected chi connectivity index (χ0v) is 30.8. The van der Waals surface area contributed by atoms with Crippen LogP contribution in [0.3, 0.4) is 0 Å². The number of imide groups is 1. The first-order valence-corrected chi connectivity index (χ1v) is 17.9. The van der Waals surface area contributed by atoms with E-state index >= 15 is 8.78 Å². The highest BCUT2D eigenvalue weighted by atomic mass is 19.1. The molecule has 2 aliphatic rings. The van der Waals surface area contributed by atoms with E-state index in [9.17, 15) is 33.8 Å². The number of imidazole rings is 1. The topological polar surface area (TPSA) is 178 Å². The van der Waals surface area contributed by atoms with Gasteiger partial charge in [0.2, 0.25) is 0 Å². The van der Waals surface area contributed by atoms with Crippen LogP contribution in [0.25, 0.3) is 11.3 Å². The quantitative estimate of drug-likeness (QED) is 0.136. The van der Waals surface area contributed by atoms with Gasteiger partial charge in [-0.3, -0.25) is 14.5 Å². The maximum Gasteiger partial charge on any atom is 0.407 e. The average molecular weight is 770 g/mol. The predicted octanol–water partition coefficient (Wildman–Crippen LogP) is 3.64. The summed E-state index contributed by atoms with van der Waals surface area (Å²) in [5.74, 6) is -2.89. The molecule has 5 rings (SSSR count). The highest BCUT2D eigenvalue weighted by Gasteiger charge is 2.44. The number of halogens is 3. The van der Waals surface area contributed by atoms with Gasteiger partial charge in [-0.1, -0.05) is 26.0 Å². The standard InChI is InChI=1S/C38H46F3N7O7/c1-23(22-49)44-36(53)48(20-25-17-42-18-30(25)41)34(38(2,3)11-14-55-37(54)43-12-13-47-32(51)9-10-33(47)52)35-45-31(28-16-26(39)7-8-29(28)40)21-46(35)19-24-5-4-6-27(50)15-24/h4-10,15-16,21,23,25,30,34,42,49-50H,11-14,17-20,22H2,1-3H3,(H,43,54)(H,44,53)/t23-,25-,30-,34-/m0/s1. The molecular weight excluding hydrogens is 723 g/mol. The van der Waals surface area contributed by atoms with Crippen LogP contribution in [0, 0.1) is 23.0 Å². The van der Waals surface area contributed by atoms with E-state index in [4.69, 9.17) is 9.72 Å². The molecule has 0 unspecified atom stereocenters. The molecule has 5 amide bonds. The third-order valence-corrected chi connectivity index (χ3v) is 9.65.